The number of fused-ring (bicyclic) bond motifs is 2. The third kappa shape index (κ3) is 7.46. The molecule has 1 aliphatic rings. The Hall–Kier alpha value is -5.17. The van der Waals surface area contributed by atoms with Crippen LogP contribution in [-0.4, -0.2) is 91.7 Å². The van der Waals surface area contributed by atoms with Crippen LogP contribution in [0.3, 0.4) is 0 Å². The fourth-order valence-electron chi connectivity index (χ4n) is 5.63. The summed E-state index contributed by atoms with van der Waals surface area (Å²) in [7, 11) is -3.87. The summed E-state index contributed by atoms with van der Waals surface area (Å²) in [6.07, 6.45) is 0.957. The quantitative estimate of drug-likeness (QED) is 0.146. The van der Waals surface area contributed by atoms with Gasteiger partial charge >= 0.3 is 19.7 Å². The van der Waals surface area contributed by atoms with Crippen molar-refractivity contribution in [2.24, 2.45) is 0 Å². The van der Waals surface area contributed by atoms with Gasteiger partial charge in [0.1, 0.15) is 17.1 Å². The van der Waals surface area contributed by atoms with E-state index in [4.69, 9.17) is 13.8 Å². The molecule has 5 aromatic rings. The summed E-state index contributed by atoms with van der Waals surface area (Å²) in [5.41, 5.74) is 0.834. The fraction of sp³-hybridized carbons (Fsp3) is 0.265. The number of ether oxygens (including phenoxy) is 1. The summed E-state index contributed by atoms with van der Waals surface area (Å²) in [6.45, 7) is 3.04. The standard InChI is InChI=1S/C34H34FN4O9P/c1-22(33(42)43)47-49(45,48-25-6-3-2-4-7-25)19-18-37-14-16-38(17-15-37)34(44)46-31-26-8-5-13-36-29(26)30(40)28-27(31)21-39(32(28)41)20-23-9-11-24(35)12-10-23/h2-13,21-22,40-41H,14-20H2,1H3,(H,42,43)/t22-,49?/m0/s1. The van der Waals surface area contributed by atoms with Gasteiger partial charge in [0, 0.05) is 50.5 Å². The first-order valence-electron chi connectivity index (χ1n) is 15.5. The van der Waals surface area contributed by atoms with Gasteiger partial charge in [-0.25, -0.2) is 18.5 Å². The number of phenols is 1. The molecule has 49 heavy (non-hydrogen) atoms. The van der Waals surface area contributed by atoms with E-state index in [9.17, 15) is 33.9 Å². The average Bonchev–Trinajstić information content (AvgIpc) is 3.42. The number of para-hydroxylation sites is 1. The Balaban J connectivity index is 1.16. The van der Waals surface area contributed by atoms with E-state index in [2.05, 4.69) is 4.98 Å². The molecule has 0 radical (unpaired) electrons. The molecule has 0 saturated carbocycles. The zero-order chi connectivity index (χ0) is 34.7. The average molecular weight is 693 g/mol. The van der Waals surface area contributed by atoms with E-state index in [-0.39, 0.29) is 66.0 Å². The lowest BCUT2D eigenvalue weighted by Crippen LogP contribution is -2.50. The molecule has 15 heteroatoms. The highest BCUT2D eigenvalue weighted by Crippen LogP contribution is 2.49. The van der Waals surface area contributed by atoms with Gasteiger partial charge in [0.05, 0.1) is 23.5 Å². The van der Waals surface area contributed by atoms with Gasteiger partial charge in [0.2, 0.25) is 5.88 Å². The van der Waals surface area contributed by atoms with Crippen LogP contribution in [0.2, 0.25) is 0 Å². The highest BCUT2D eigenvalue weighted by Gasteiger charge is 2.33. The Labute approximate surface area is 280 Å². The van der Waals surface area contributed by atoms with Crippen LogP contribution < -0.4 is 9.26 Å². The Morgan fingerprint density at radius 1 is 0.980 bits per heavy atom. The van der Waals surface area contributed by atoms with Crippen LogP contribution in [0.4, 0.5) is 9.18 Å². The van der Waals surface area contributed by atoms with Crippen molar-refractivity contribution >= 4 is 41.3 Å². The van der Waals surface area contributed by atoms with E-state index in [0.717, 1.165) is 0 Å². The van der Waals surface area contributed by atoms with Crippen molar-refractivity contribution in [2.45, 2.75) is 19.6 Å². The minimum Gasteiger partial charge on any atom is -0.505 e. The molecule has 6 rings (SSSR count). The second kappa shape index (κ2) is 14.1. The van der Waals surface area contributed by atoms with Crippen LogP contribution >= 0.6 is 7.60 Å². The topological polar surface area (TPSA) is 164 Å². The molecular weight excluding hydrogens is 658 g/mol. The van der Waals surface area contributed by atoms with Crippen molar-refractivity contribution in [1.82, 2.24) is 19.4 Å². The van der Waals surface area contributed by atoms with Crippen LogP contribution in [-0.2, 0) is 20.4 Å². The molecule has 1 amide bonds. The maximum atomic E-state index is 13.6. The van der Waals surface area contributed by atoms with Crippen molar-refractivity contribution in [3.05, 3.63) is 90.5 Å². The molecule has 3 heterocycles. The van der Waals surface area contributed by atoms with E-state index in [1.165, 1.54) is 34.7 Å². The predicted octanol–water partition coefficient (Wildman–Crippen LogP) is 5.67. The summed E-state index contributed by atoms with van der Waals surface area (Å²) in [5, 5.41) is 32.3. The van der Waals surface area contributed by atoms with Crippen LogP contribution in [0.15, 0.2) is 79.1 Å². The van der Waals surface area contributed by atoms with E-state index >= 15 is 0 Å². The molecule has 0 bridgehead atoms. The highest BCUT2D eigenvalue weighted by molar-refractivity contribution is 7.54. The molecule has 0 aliphatic carbocycles. The van der Waals surface area contributed by atoms with Gasteiger partial charge in [0.15, 0.2) is 17.6 Å². The zero-order valence-electron chi connectivity index (χ0n) is 26.4. The number of carboxylic acid groups (broad SMARTS) is 1. The molecule has 1 saturated heterocycles. The normalized spacial score (nSPS) is 15.6. The molecule has 1 fully saturated rings. The fourth-order valence-corrected chi connectivity index (χ4v) is 7.41. The van der Waals surface area contributed by atoms with Gasteiger partial charge in [-0.05, 0) is 48.9 Å². The predicted molar refractivity (Wildman–Crippen MR) is 178 cm³/mol. The second-order valence-corrected chi connectivity index (χ2v) is 13.7. The van der Waals surface area contributed by atoms with Gasteiger partial charge < -0.3 is 34.0 Å². The number of hydrogen-bond donors (Lipinski definition) is 3. The summed E-state index contributed by atoms with van der Waals surface area (Å²) in [4.78, 5) is 32.7. The van der Waals surface area contributed by atoms with Gasteiger partial charge in [-0.15, -0.1) is 0 Å². The van der Waals surface area contributed by atoms with Crippen LogP contribution in [0.5, 0.6) is 23.1 Å². The van der Waals surface area contributed by atoms with Crippen LogP contribution in [0.25, 0.3) is 21.7 Å². The number of aromatic nitrogens is 2. The molecule has 1 aliphatic heterocycles. The first-order valence-corrected chi connectivity index (χ1v) is 17.2. The number of hydrogen-bond acceptors (Lipinski definition) is 10. The van der Waals surface area contributed by atoms with Gasteiger partial charge in [-0.2, -0.15) is 0 Å². The van der Waals surface area contributed by atoms with E-state index in [1.54, 1.807) is 60.8 Å². The minimum atomic E-state index is -3.87. The summed E-state index contributed by atoms with van der Waals surface area (Å²) < 4.78 is 45.6. The van der Waals surface area contributed by atoms with Gasteiger partial charge in [0.25, 0.3) is 0 Å². The number of piperazine rings is 1. The summed E-state index contributed by atoms with van der Waals surface area (Å²) in [5.74, 6) is -1.80. The smallest absolute Gasteiger partial charge is 0.415 e. The molecule has 13 nitrogen and oxygen atoms in total. The number of halogens is 1. The number of carboxylic acids is 1. The van der Waals surface area contributed by atoms with E-state index in [0.29, 0.717) is 29.8 Å². The zero-order valence-corrected chi connectivity index (χ0v) is 27.3. The third-order valence-corrected chi connectivity index (χ3v) is 10.1. The second-order valence-electron chi connectivity index (χ2n) is 11.6. The van der Waals surface area contributed by atoms with Crippen molar-refractivity contribution in [3.8, 4) is 23.1 Å². The molecule has 2 atom stereocenters. The van der Waals surface area contributed by atoms with E-state index in [1.807, 2.05) is 4.90 Å². The number of nitrogens with zero attached hydrogens (tertiary/aromatic N) is 4. The van der Waals surface area contributed by atoms with Crippen LogP contribution in [0, 0.1) is 5.82 Å². The SMILES string of the molecule is C[C@H](OP(=O)(CCN1CCN(C(=O)Oc2c3cccnc3c(O)c3c(O)n(Cc4ccc(F)cc4)cc23)CC1)Oc1ccccc1)C(=O)O. The molecule has 3 N–H and O–H groups in total. The Morgan fingerprint density at radius 2 is 1.69 bits per heavy atom. The Kier molecular flexibility index (Phi) is 9.72. The monoisotopic (exact) mass is 692 g/mol. The van der Waals surface area contributed by atoms with Gasteiger partial charge in [-0.3, -0.25) is 14.4 Å². The lowest BCUT2D eigenvalue weighted by molar-refractivity contribution is -0.144. The lowest BCUT2D eigenvalue weighted by Gasteiger charge is -2.34. The number of phenolic OH excluding ortho intramolecular Hbond substituents is 1. The number of aliphatic carboxylic acids is 1. The van der Waals surface area contributed by atoms with Crippen molar-refractivity contribution < 1.29 is 47.6 Å². The number of carbonyl (C=O) groups is 2. The minimum absolute atomic E-state index is 0.0579. The first kappa shape index (κ1) is 33.7. The molecule has 0 spiro atoms. The van der Waals surface area contributed by atoms with Crippen LogP contribution in [0.1, 0.15) is 12.5 Å². The molecular formula is C34H34FN4O9P. The molecule has 3 aromatic carbocycles. The number of carbonyl (C=O) groups excluding carboxylic acids is 1. The summed E-state index contributed by atoms with van der Waals surface area (Å²) in [6, 6.07) is 17.5. The highest BCUT2D eigenvalue weighted by atomic mass is 31.2. The first-order chi connectivity index (χ1) is 23.5. The third-order valence-electron chi connectivity index (χ3n) is 8.24. The number of amides is 1. The Morgan fingerprint density at radius 3 is 2.39 bits per heavy atom. The molecule has 256 valence electrons. The number of pyridine rings is 1. The van der Waals surface area contributed by atoms with Crippen molar-refractivity contribution in [3.63, 3.8) is 0 Å². The van der Waals surface area contributed by atoms with Crippen molar-refractivity contribution in [2.75, 3.05) is 38.9 Å². The van der Waals surface area contributed by atoms with Crippen molar-refractivity contribution in [1.29, 1.82) is 0 Å². The number of aromatic hydroxyl groups is 2. The largest absolute Gasteiger partial charge is 0.505 e. The number of rotatable bonds is 11. The Bertz CT molecular complexity index is 2030. The van der Waals surface area contributed by atoms with Gasteiger partial charge in [-0.1, -0.05) is 30.3 Å². The molecule has 1 unspecified atom stereocenters. The summed E-state index contributed by atoms with van der Waals surface area (Å²) >= 11 is 0. The maximum absolute atomic E-state index is 13.6. The maximum Gasteiger partial charge on any atom is 0.415 e. The van der Waals surface area contributed by atoms with E-state index < -0.39 is 31.6 Å². The lowest BCUT2D eigenvalue weighted by atomic mass is 10.1. The molecule has 2 aromatic heterocycles. The number of benzene rings is 3.